The van der Waals surface area contributed by atoms with Gasteiger partial charge in [0.15, 0.2) is 12.4 Å². The average Bonchev–Trinajstić information content (AvgIpc) is 3.19. The summed E-state index contributed by atoms with van der Waals surface area (Å²) in [5.41, 5.74) is 3.16. The van der Waals surface area contributed by atoms with Crippen LogP contribution in [0.4, 0.5) is 0 Å². The number of rotatable bonds is 7. The monoisotopic (exact) mass is 364 g/mol. The number of carbonyl (C=O) groups is 1. The van der Waals surface area contributed by atoms with Crippen molar-refractivity contribution in [3.63, 3.8) is 0 Å². The Balaban J connectivity index is 1.57. The van der Waals surface area contributed by atoms with Crippen LogP contribution in [0.5, 0.6) is 5.75 Å². The summed E-state index contributed by atoms with van der Waals surface area (Å²) >= 11 is 0. The van der Waals surface area contributed by atoms with Crippen molar-refractivity contribution in [2.24, 2.45) is 0 Å². The predicted octanol–water partition coefficient (Wildman–Crippen LogP) is 3.39. The van der Waals surface area contributed by atoms with E-state index < -0.39 is 0 Å². The van der Waals surface area contributed by atoms with E-state index in [0.717, 1.165) is 22.4 Å². The van der Waals surface area contributed by atoms with Crippen molar-refractivity contribution in [1.82, 2.24) is 20.1 Å². The summed E-state index contributed by atoms with van der Waals surface area (Å²) in [7, 11) is 0. The highest BCUT2D eigenvalue weighted by Crippen LogP contribution is 2.27. The van der Waals surface area contributed by atoms with Crippen LogP contribution in [0, 0.1) is 6.92 Å². The molecule has 1 amide bonds. The molecule has 2 aromatic heterocycles. The van der Waals surface area contributed by atoms with Crippen LogP contribution in [0.2, 0.25) is 0 Å². The topological polar surface area (TPSA) is 69.0 Å². The third kappa shape index (κ3) is 4.94. The summed E-state index contributed by atoms with van der Waals surface area (Å²) in [5.74, 6) is 1.65. The normalized spacial score (nSPS) is 10.8. The molecule has 0 saturated carbocycles. The smallest absolute Gasteiger partial charge is 0.258 e. The molecule has 0 aliphatic heterocycles. The highest BCUT2D eigenvalue weighted by atomic mass is 16.5. The minimum absolute atomic E-state index is 0.0136. The van der Waals surface area contributed by atoms with Crippen molar-refractivity contribution in [2.75, 3.05) is 6.61 Å². The molecular formula is C21H24N4O2. The van der Waals surface area contributed by atoms with Gasteiger partial charge in [0, 0.05) is 25.1 Å². The van der Waals surface area contributed by atoms with Crippen LogP contribution >= 0.6 is 0 Å². The van der Waals surface area contributed by atoms with Gasteiger partial charge in [-0.1, -0.05) is 26.0 Å². The fraction of sp³-hybridized carbons (Fsp3) is 0.286. The van der Waals surface area contributed by atoms with Crippen molar-refractivity contribution < 1.29 is 9.53 Å². The third-order valence-electron chi connectivity index (χ3n) is 4.19. The molecule has 1 N–H and O–H groups in total. The zero-order valence-electron chi connectivity index (χ0n) is 15.8. The summed E-state index contributed by atoms with van der Waals surface area (Å²) in [6, 6.07) is 11.7. The molecule has 0 aliphatic rings. The maximum atomic E-state index is 12.2. The molecule has 0 spiro atoms. The lowest BCUT2D eigenvalue weighted by Crippen LogP contribution is -2.28. The number of carbonyl (C=O) groups excluding carboxylic acids is 1. The molecule has 27 heavy (non-hydrogen) atoms. The van der Waals surface area contributed by atoms with Gasteiger partial charge < -0.3 is 10.1 Å². The van der Waals surface area contributed by atoms with Gasteiger partial charge in [-0.25, -0.2) is 9.67 Å². The van der Waals surface area contributed by atoms with Crippen molar-refractivity contribution in [3.8, 4) is 11.6 Å². The van der Waals surface area contributed by atoms with E-state index in [9.17, 15) is 4.79 Å². The Morgan fingerprint density at radius 2 is 2.07 bits per heavy atom. The summed E-state index contributed by atoms with van der Waals surface area (Å²) in [5, 5.41) is 7.05. The van der Waals surface area contributed by atoms with Crippen molar-refractivity contribution in [2.45, 2.75) is 33.2 Å². The summed E-state index contributed by atoms with van der Waals surface area (Å²) in [6.45, 7) is 6.62. The van der Waals surface area contributed by atoms with Crippen molar-refractivity contribution >= 4 is 5.91 Å². The summed E-state index contributed by atoms with van der Waals surface area (Å²) in [6.07, 6.45) is 5.23. The van der Waals surface area contributed by atoms with Gasteiger partial charge in [0.05, 0.1) is 0 Å². The molecule has 0 saturated heterocycles. The lowest BCUT2D eigenvalue weighted by Gasteiger charge is -2.15. The van der Waals surface area contributed by atoms with E-state index in [1.807, 2.05) is 37.4 Å². The van der Waals surface area contributed by atoms with Gasteiger partial charge in [0.1, 0.15) is 5.75 Å². The predicted molar refractivity (Wildman–Crippen MR) is 104 cm³/mol. The second kappa shape index (κ2) is 8.49. The van der Waals surface area contributed by atoms with Crippen LogP contribution in [-0.2, 0) is 11.3 Å². The van der Waals surface area contributed by atoms with E-state index >= 15 is 0 Å². The molecule has 3 aromatic rings. The van der Waals surface area contributed by atoms with E-state index in [2.05, 4.69) is 41.4 Å². The van der Waals surface area contributed by atoms with Crippen molar-refractivity contribution in [1.29, 1.82) is 0 Å². The minimum atomic E-state index is -0.163. The molecule has 0 aliphatic carbocycles. The Kier molecular flexibility index (Phi) is 5.86. The molecule has 0 unspecified atom stereocenters. The van der Waals surface area contributed by atoms with E-state index in [4.69, 9.17) is 4.74 Å². The van der Waals surface area contributed by atoms with Crippen LogP contribution in [0.15, 0.2) is 55.0 Å². The second-order valence-electron chi connectivity index (χ2n) is 6.73. The Bertz CT molecular complexity index is 904. The highest BCUT2D eigenvalue weighted by molar-refractivity contribution is 5.77. The molecule has 0 bridgehead atoms. The van der Waals surface area contributed by atoms with Crippen LogP contribution in [-0.4, -0.2) is 27.3 Å². The number of pyridine rings is 1. The van der Waals surface area contributed by atoms with Gasteiger partial charge in [0.2, 0.25) is 0 Å². The molecule has 6 nitrogen and oxygen atoms in total. The van der Waals surface area contributed by atoms with Gasteiger partial charge in [-0.2, -0.15) is 5.10 Å². The minimum Gasteiger partial charge on any atom is -0.483 e. The first-order valence-corrected chi connectivity index (χ1v) is 8.98. The number of aryl methyl sites for hydroxylation is 1. The van der Waals surface area contributed by atoms with Gasteiger partial charge >= 0.3 is 0 Å². The fourth-order valence-electron chi connectivity index (χ4n) is 2.74. The fourth-order valence-corrected chi connectivity index (χ4v) is 2.74. The number of nitrogens with zero attached hydrogens (tertiary/aromatic N) is 3. The molecule has 0 radical (unpaired) electrons. The third-order valence-corrected chi connectivity index (χ3v) is 4.19. The summed E-state index contributed by atoms with van der Waals surface area (Å²) < 4.78 is 7.45. The van der Waals surface area contributed by atoms with Crippen LogP contribution in [0.25, 0.3) is 5.82 Å². The van der Waals surface area contributed by atoms with Gasteiger partial charge in [-0.05, 0) is 53.8 Å². The number of amides is 1. The SMILES string of the molecule is Cc1ccc(C(C)C)c(OCC(=O)NCc2ccnc(-n3cccn3)c2)c1. The molecular weight excluding hydrogens is 340 g/mol. The van der Waals surface area contributed by atoms with Crippen LogP contribution in [0.1, 0.15) is 36.5 Å². The molecule has 0 fully saturated rings. The number of hydrogen-bond donors (Lipinski definition) is 1. The Morgan fingerprint density at radius 3 is 2.81 bits per heavy atom. The first kappa shape index (κ1) is 18.6. The molecule has 3 rings (SSSR count). The Morgan fingerprint density at radius 1 is 1.22 bits per heavy atom. The first-order chi connectivity index (χ1) is 13.0. The van der Waals surface area contributed by atoms with Crippen molar-refractivity contribution in [3.05, 3.63) is 71.7 Å². The number of aromatic nitrogens is 3. The molecule has 0 atom stereocenters. The summed E-state index contributed by atoms with van der Waals surface area (Å²) in [4.78, 5) is 16.5. The molecule has 2 heterocycles. The first-order valence-electron chi connectivity index (χ1n) is 8.98. The maximum absolute atomic E-state index is 12.2. The molecule has 6 heteroatoms. The van der Waals surface area contributed by atoms with E-state index in [1.54, 1.807) is 17.1 Å². The Labute approximate surface area is 159 Å². The quantitative estimate of drug-likeness (QED) is 0.698. The van der Waals surface area contributed by atoms with E-state index in [0.29, 0.717) is 18.3 Å². The van der Waals surface area contributed by atoms with Gasteiger partial charge in [-0.3, -0.25) is 4.79 Å². The lowest BCUT2D eigenvalue weighted by molar-refractivity contribution is -0.123. The van der Waals surface area contributed by atoms with Crippen LogP contribution < -0.4 is 10.1 Å². The van der Waals surface area contributed by atoms with Gasteiger partial charge in [-0.15, -0.1) is 0 Å². The molecule has 140 valence electrons. The maximum Gasteiger partial charge on any atom is 0.258 e. The van der Waals surface area contributed by atoms with E-state index in [1.165, 1.54) is 0 Å². The second-order valence-corrected chi connectivity index (χ2v) is 6.73. The van der Waals surface area contributed by atoms with E-state index in [-0.39, 0.29) is 12.5 Å². The molecule has 1 aromatic carbocycles. The Hall–Kier alpha value is -3.15. The zero-order valence-corrected chi connectivity index (χ0v) is 15.8. The lowest BCUT2D eigenvalue weighted by atomic mass is 10.0. The van der Waals surface area contributed by atoms with Crippen LogP contribution in [0.3, 0.4) is 0 Å². The number of ether oxygens (including phenoxy) is 1. The standard InChI is InChI=1S/C21H24N4O2/c1-15(2)18-6-5-16(3)11-19(18)27-14-21(26)23-13-17-7-9-22-20(12-17)25-10-4-8-24-25/h4-12,15H,13-14H2,1-3H3,(H,23,26). The van der Waals surface area contributed by atoms with Gasteiger partial charge in [0.25, 0.3) is 5.91 Å². The highest BCUT2D eigenvalue weighted by Gasteiger charge is 2.10. The average molecular weight is 364 g/mol. The number of benzene rings is 1. The number of nitrogens with one attached hydrogen (secondary N) is 1. The zero-order chi connectivity index (χ0) is 19.2. The number of hydrogen-bond acceptors (Lipinski definition) is 4. The largest absolute Gasteiger partial charge is 0.483 e.